The molecule has 0 aromatic rings. The van der Waals surface area contributed by atoms with Crippen LogP contribution in [0.4, 0.5) is 0 Å². The molecule has 4 nitrogen and oxygen atoms in total. The van der Waals surface area contributed by atoms with Crippen LogP contribution in [0.3, 0.4) is 0 Å². The van der Waals surface area contributed by atoms with E-state index in [-0.39, 0.29) is 5.12 Å². The van der Waals surface area contributed by atoms with Crippen LogP contribution in [0.1, 0.15) is 12.8 Å². The lowest BCUT2D eigenvalue weighted by Gasteiger charge is -2.10. The van der Waals surface area contributed by atoms with Gasteiger partial charge in [0.15, 0.2) is 5.12 Å². The van der Waals surface area contributed by atoms with Crippen molar-refractivity contribution >= 4 is 24.5 Å². The van der Waals surface area contributed by atoms with Gasteiger partial charge in [0.25, 0.3) is 0 Å². The highest BCUT2D eigenvalue weighted by Crippen LogP contribution is 2.44. The van der Waals surface area contributed by atoms with E-state index in [9.17, 15) is 9.36 Å². The molecule has 0 spiro atoms. The van der Waals surface area contributed by atoms with E-state index >= 15 is 0 Å². The van der Waals surface area contributed by atoms with Gasteiger partial charge in [-0.1, -0.05) is 11.8 Å². The third-order valence-electron chi connectivity index (χ3n) is 1.16. The molecule has 1 heterocycles. The predicted octanol–water partition coefficient (Wildman–Crippen LogP) is 1.20. The molecule has 11 heavy (non-hydrogen) atoms. The van der Waals surface area contributed by atoms with Crippen LogP contribution in [-0.4, -0.2) is 22.1 Å². The van der Waals surface area contributed by atoms with E-state index in [1.165, 1.54) is 0 Å². The van der Waals surface area contributed by atoms with Crippen LogP contribution in [0.25, 0.3) is 0 Å². The molecule has 1 saturated heterocycles. The van der Waals surface area contributed by atoms with Gasteiger partial charge in [-0.15, -0.1) is 0 Å². The summed E-state index contributed by atoms with van der Waals surface area (Å²) in [7, 11) is -3.41. The lowest BCUT2D eigenvalue weighted by atomic mass is 10.4. The standard InChI is InChI=1S/C5H9O4PS/c1-10(7,8)9-5-3-2-4(6)11-5/h5H,2-3H2,1H3,(H,7,8). The third kappa shape index (κ3) is 3.38. The molecule has 0 aromatic carbocycles. The molecule has 2 unspecified atom stereocenters. The summed E-state index contributed by atoms with van der Waals surface area (Å²) in [4.78, 5) is 19.4. The van der Waals surface area contributed by atoms with Gasteiger partial charge in [-0.3, -0.25) is 13.9 Å². The van der Waals surface area contributed by atoms with Crippen LogP contribution in [-0.2, 0) is 13.9 Å². The molecule has 6 heteroatoms. The van der Waals surface area contributed by atoms with Crippen LogP contribution in [0.2, 0.25) is 0 Å². The number of carbonyl (C=O) groups is 1. The van der Waals surface area contributed by atoms with Crippen LogP contribution in [0.15, 0.2) is 0 Å². The summed E-state index contributed by atoms with van der Waals surface area (Å²) in [6, 6.07) is 0. The predicted molar refractivity (Wildman–Crippen MR) is 42.5 cm³/mol. The maximum Gasteiger partial charge on any atom is 0.326 e. The number of hydrogen-bond acceptors (Lipinski definition) is 4. The maximum absolute atomic E-state index is 10.7. The molecule has 0 bridgehead atoms. The fraction of sp³-hybridized carbons (Fsp3) is 0.800. The van der Waals surface area contributed by atoms with Crippen molar-refractivity contribution in [1.29, 1.82) is 0 Å². The molecule has 0 aliphatic carbocycles. The zero-order chi connectivity index (χ0) is 8.48. The Bertz CT molecular complexity index is 211. The quantitative estimate of drug-likeness (QED) is 0.672. The first-order valence-corrected chi connectivity index (χ1v) is 6.06. The Hall–Kier alpha value is 0.170. The van der Waals surface area contributed by atoms with E-state index in [0.717, 1.165) is 18.4 Å². The largest absolute Gasteiger partial charge is 0.326 e. The summed E-state index contributed by atoms with van der Waals surface area (Å²) in [6.07, 6.45) is 0.983. The minimum absolute atomic E-state index is 0.0310. The highest BCUT2D eigenvalue weighted by atomic mass is 32.2. The topological polar surface area (TPSA) is 63.6 Å². The Morgan fingerprint density at radius 2 is 2.45 bits per heavy atom. The third-order valence-corrected chi connectivity index (χ3v) is 3.01. The summed E-state index contributed by atoms with van der Waals surface area (Å²) in [5, 5.41) is 0.0310. The SMILES string of the molecule is CP(=O)(O)OC1CCC(=O)S1. The smallest absolute Gasteiger partial charge is 0.324 e. The number of rotatable bonds is 2. The molecule has 1 fully saturated rings. The summed E-state index contributed by atoms with van der Waals surface area (Å²) in [6.45, 7) is 1.12. The monoisotopic (exact) mass is 196 g/mol. The summed E-state index contributed by atoms with van der Waals surface area (Å²) in [5.41, 5.74) is -0.414. The minimum atomic E-state index is -3.41. The number of carbonyl (C=O) groups excluding carboxylic acids is 1. The molecule has 0 saturated carbocycles. The fourth-order valence-electron chi connectivity index (χ4n) is 0.793. The van der Waals surface area contributed by atoms with Crippen LogP contribution < -0.4 is 0 Å². The van der Waals surface area contributed by atoms with Crippen LogP contribution >= 0.6 is 19.4 Å². The zero-order valence-electron chi connectivity index (χ0n) is 6.02. The van der Waals surface area contributed by atoms with Crippen molar-refractivity contribution in [3.63, 3.8) is 0 Å². The Kier molecular flexibility index (Phi) is 2.75. The van der Waals surface area contributed by atoms with Gasteiger partial charge in [0.2, 0.25) is 0 Å². The summed E-state index contributed by atoms with van der Waals surface area (Å²) >= 11 is 0.999. The number of hydrogen-bond donors (Lipinski definition) is 1. The summed E-state index contributed by atoms with van der Waals surface area (Å²) in [5.74, 6) is 0. The molecular formula is C5H9O4PS. The lowest BCUT2D eigenvalue weighted by molar-refractivity contribution is -0.110. The second-order valence-corrected chi connectivity index (χ2v) is 5.40. The second-order valence-electron chi connectivity index (χ2n) is 2.37. The highest BCUT2D eigenvalue weighted by Gasteiger charge is 2.28. The average molecular weight is 196 g/mol. The second kappa shape index (κ2) is 3.27. The molecule has 1 aliphatic heterocycles. The Morgan fingerprint density at radius 3 is 2.82 bits per heavy atom. The number of thioether (sulfide) groups is 1. The molecule has 64 valence electrons. The average Bonchev–Trinajstić information content (AvgIpc) is 2.10. The zero-order valence-corrected chi connectivity index (χ0v) is 7.73. The molecule has 0 amide bonds. The molecule has 2 atom stereocenters. The summed E-state index contributed by atoms with van der Waals surface area (Å²) < 4.78 is 15.4. The van der Waals surface area contributed by atoms with Gasteiger partial charge >= 0.3 is 7.60 Å². The maximum atomic E-state index is 10.7. The van der Waals surface area contributed by atoms with Crippen molar-refractivity contribution in [3.8, 4) is 0 Å². The van der Waals surface area contributed by atoms with Gasteiger partial charge in [0, 0.05) is 13.1 Å². The van der Waals surface area contributed by atoms with Gasteiger partial charge in [-0.05, 0) is 6.42 Å². The van der Waals surface area contributed by atoms with Crippen LogP contribution in [0.5, 0.6) is 0 Å². The van der Waals surface area contributed by atoms with Crippen molar-refractivity contribution in [1.82, 2.24) is 0 Å². The molecule has 1 N–H and O–H groups in total. The van der Waals surface area contributed by atoms with Crippen molar-refractivity contribution in [2.45, 2.75) is 18.3 Å². The first kappa shape index (κ1) is 9.26. The molecule has 0 radical (unpaired) electrons. The normalized spacial score (nSPS) is 30.4. The fourth-order valence-corrected chi connectivity index (χ4v) is 2.75. The Labute approximate surface area is 68.8 Å². The van der Waals surface area contributed by atoms with Crippen LogP contribution in [0, 0.1) is 0 Å². The van der Waals surface area contributed by atoms with Crippen molar-refractivity contribution < 1.29 is 18.8 Å². The highest BCUT2D eigenvalue weighted by molar-refractivity contribution is 8.14. The molecule has 1 rings (SSSR count). The van der Waals surface area contributed by atoms with Gasteiger partial charge in [0.05, 0.1) is 0 Å². The Morgan fingerprint density at radius 1 is 1.82 bits per heavy atom. The van der Waals surface area contributed by atoms with E-state index in [1.54, 1.807) is 0 Å². The first-order valence-electron chi connectivity index (χ1n) is 3.15. The van der Waals surface area contributed by atoms with E-state index < -0.39 is 13.0 Å². The van der Waals surface area contributed by atoms with Gasteiger partial charge in [-0.2, -0.15) is 0 Å². The van der Waals surface area contributed by atoms with Gasteiger partial charge in [0.1, 0.15) is 5.44 Å². The first-order chi connectivity index (χ1) is 4.97. The minimum Gasteiger partial charge on any atom is -0.324 e. The molecule has 1 aliphatic rings. The Balaban J connectivity index is 2.40. The molecular weight excluding hydrogens is 187 g/mol. The van der Waals surface area contributed by atoms with E-state index in [2.05, 4.69) is 0 Å². The lowest BCUT2D eigenvalue weighted by Crippen LogP contribution is -2.00. The van der Waals surface area contributed by atoms with Crippen molar-refractivity contribution in [3.05, 3.63) is 0 Å². The van der Waals surface area contributed by atoms with E-state index in [1.807, 2.05) is 0 Å². The van der Waals surface area contributed by atoms with Gasteiger partial charge < -0.3 is 4.89 Å². The van der Waals surface area contributed by atoms with E-state index in [4.69, 9.17) is 9.42 Å². The van der Waals surface area contributed by atoms with Crippen molar-refractivity contribution in [2.24, 2.45) is 0 Å². The van der Waals surface area contributed by atoms with Crippen molar-refractivity contribution in [2.75, 3.05) is 6.66 Å². The molecule has 0 aromatic heterocycles. The van der Waals surface area contributed by atoms with Gasteiger partial charge in [-0.25, -0.2) is 0 Å². The van der Waals surface area contributed by atoms with E-state index in [0.29, 0.717) is 12.8 Å².